The molecule has 0 aliphatic carbocycles. The number of carbonyl (C=O) groups is 1. The molecular formula is C15H26N4O3. The highest BCUT2D eigenvalue weighted by atomic mass is 16.5. The molecule has 22 heavy (non-hydrogen) atoms. The van der Waals surface area contributed by atoms with Crippen molar-refractivity contribution in [1.29, 1.82) is 0 Å². The molecule has 5 N–H and O–H groups in total. The summed E-state index contributed by atoms with van der Waals surface area (Å²) >= 11 is 0. The molecule has 0 bridgehead atoms. The van der Waals surface area contributed by atoms with Crippen molar-refractivity contribution in [2.24, 2.45) is 0 Å². The third-order valence-electron chi connectivity index (χ3n) is 3.08. The first-order valence-electron chi connectivity index (χ1n) is 7.38. The van der Waals surface area contributed by atoms with E-state index >= 15 is 0 Å². The summed E-state index contributed by atoms with van der Waals surface area (Å²) in [6.07, 6.45) is 0.582. The highest BCUT2D eigenvalue weighted by molar-refractivity contribution is 5.81. The van der Waals surface area contributed by atoms with Crippen LogP contribution in [0.5, 0.6) is 5.75 Å². The summed E-state index contributed by atoms with van der Waals surface area (Å²) in [5.41, 5.74) is 6.77. The quantitative estimate of drug-likeness (QED) is 0.267. The molecule has 0 aromatic heterocycles. The molecule has 1 rings (SSSR count). The predicted molar refractivity (Wildman–Crippen MR) is 85.6 cm³/mol. The van der Waals surface area contributed by atoms with E-state index in [0.29, 0.717) is 26.1 Å². The SMILES string of the molecule is CNNC(Cc1ccc(OCCNCCO)cc1)C(=O)NC. The zero-order valence-corrected chi connectivity index (χ0v) is 13.2. The molecule has 0 fully saturated rings. The summed E-state index contributed by atoms with van der Waals surface area (Å²) in [5.74, 6) is 0.720. The Morgan fingerprint density at radius 1 is 1.23 bits per heavy atom. The fraction of sp³-hybridized carbons (Fsp3) is 0.533. The molecule has 0 saturated carbocycles. The van der Waals surface area contributed by atoms with Gasteiger partial charge in [0.25, 0.3) is 0 Å². The van der Waals surface area contributed by atoms with E-state index in [1.807, 2.05) is 24.3 Å². The molecule has 0 radical (unpaired) electrons. The van der Waals surface area contributed by atoms with Gasteiger partial charge in [0.15, 0.2) is 0 Å². The van der Waals surface area contributed by atoms with Gasteiger partial charge in [0.05, 0.1) is 6.61 Å². The zero-order chi connectivity index (χ0) is 16.2. The van der Waals surface area contributed by atoms with Gasteiger partial charge in [-0.1, -0.05) is 12.1 Å². The molecule has 1 aromatic carbocycles. The first kappa shape index (κ1) is 18.4. The molecule has 1 atom stereocenters. The van der Waals surface area contributed by atoms with Crippen molar-refractivity contribution in [3.05, 3.63) is 29.8 Å². The second-order valence-electron chi connectivity index (χ2n) is 4.73. The predicted octanol–water partition coefficient (Wildman–Crippen LogP) is -0.972. The zero-order valence-electron chi connectivity index (χ0n) is 13.2. The molecule has 0 saturated heterocycles. The van der Waals surface area contributed by atoms with Gasteiger partial charge < -0.3 is 20.5 Å². The summed E-state index contributed by atoms with van der Waals surface area (Å²) < 4.78 is 5.58. The number of hydrogen-bond acceptors (Lipinski definition) is 6. The van der Waals surface area contributed by atoms with Crippen LogP contribution in [0, 0.1) is 0 Å². The van der Waals surface area contributed by atoms with E-state index in [-0.39, 0.29) is 18.6 Å². The molecule has 0 spiro atoms. The lowest BCUT2D eigenvalue weighted by molar-refractivity contribution is -0.122. The first-order chi connectivity index (χ1) is 10.7. The van der Waals surface area contributed by atoms with Gasteiger partial charge in [-0.3, -0.25) is 10.2 Å². The molecule has 7 heteroatoms. The van der Waals surface area contributed by atoms with Crippen molar-refractivity contribution in [1.82, 2.24) is 21.5 Å². The Hall–Kier alpha value is -1.67. The summed E-state index contributed by atoms with van der Waals surface area (Å²) in [6, 6.07) is 7.35. The Bertz CT molecular complexity index is 425. The number of likely N-dealkylation sites (N-methyl/N-ethyl adjacent to an activating group) is 1. The van der Waals surface area contributed by atoms with Gasteiger partial charge >= 0.3 is 0 Å². The monoisotopic (exact) mass is 310 g/mol. The molecular weight excluding hydrogens is 284 g/mol. The van der Waals surface area contributed by atoms with Crippen molar-refractivity contribution in [3.63, 3.8) is 0 Å². The summed E-state index contributed by atoms with van der Waals surface area (Å²) in [6.45, 7) is 1.93. The molecule has 1 unspecified atom stereocenters. The average molecular weight is 310 g/mol. The lowest BCUT2D eigenvalue weighted by Gasteiger charge is -2.16. The Morgan fingerprint density at radius 2 is 1.95 bits per heavy atom. The fourth-order valence-electron chi connectivity index (χ4n) is 1.96. The maximum absolute atomic E-state index is 11.7. The minimum absolute atomic E-state index is 0.0652. The number of benzene rings is 1. The average Bonchev–Trinajstić information content (AvgIpc) is 2.55. The molecule has 0 aliphatic rings. The van der Waals surface area contributed by atoms with Crippen LogP contribution in [-0.4, -0.2) is 57.5 Å². The third-order valence-corrected chi connectivity index (χ3v) is 3.08. The van der Waals surface area contributed by atoms with E-state index < -0.39 is 0 Å². The topological polar surface area (TPSA) is 94.7 Å². The molecule has 0 heterocycles. The van der Waals surface area contributed by atoms with Crippen LogP contribution in [-0.2, 0) is 11.2 Å². The van der Waals surface area contributed by atoms with Gasteiger partial charge in [-0.2, -0.15) is 0 Å². The number of ether oxygens (including phenoxy) is 1. The van der Waals surface area contributed by atoms with E-state index in [2.05, 4.69) is 21.5 Å². The highest BCUT2D eigenvalue weighted by Crippen LogP contribution is 2.13. The smallest absolute Gasteiger partial charge is 0.238 e. The maximum Gasteiger partial charge on any atom is 0.238 e. The van der Waals surface area contributed by atoms with E-state index in [4.69, 9.17) is 9.84 Å². The van der Waals surface area contributed by atoms with Crippen molar-refractivity contribution in [2.75, 3.05) is 40.4 Å². The second kappa shape index (κ2) is 11.0. The van der Waals surface area contributed by atoms with Crippen molar-refractivity contribution >= 4 is 5.91 Å². The van der Waals surface area contributed by atoms with Crippen molar-refractivity contribution in [3.8, 4) is 5.75 Å². The van der Waals surface area contributed by atoms with Crippen LogP contribution in [0.4, 0.5) is 0 Å². The van der Waals surface area contributed by atoms with Gasteiger partial charge in [0.1, 0.15) is 18.4 Å². The van der Waals surface area contributed by atoms with Gasteiger partial charge in [0.2, 0.25) is 5.91 Å². The number of carbonyl (C=O) groups excluding carboxylic acids is 1. The Morgan fingerprint density at radius 3 is 2.55 bits per heavy atom. The Labute approximate surface area is 131 Å². The number of nitrogens with one attached hydrogen (secondary N) is 4. The summed E-state index contributed by atoms with van der Waals surface area (Å²) in [4.78, 5) is 11.7. The number of aliphatic hydroxyl groups excluding tert-OH is 1. The third kappa shape index (κ3) is 6.86. The number of rotatable bonds is 11. The van der Waals surface area contributed by atoms with Gasteiger partial charge in [0, 0.05) is 20.1 Å². The lowest BCUT2D eigenvalue weighted by Crippen LogP contribution is -2.49. The fourth-order valence-corrected chi connectivity index (χ4v) is 1.96. The number of aliphatic hydroxyl groups is 1. The second-order valence-corrected chi connectivity index (χ2v) is 4.73. The van der Waals surface area contributed by atoms with E-state index in [1.165, 1.54) is 0 Å². The van der Waals surface area contributed by atoms with Gasteiger partial charge in [-0.25, -0.2) is 5.43 Å². The van der Waals surface area contributed by atoms with Crippen LogP contribution < -0.4 is 26.2 Å². The molecule has 7 nitrogen and oxygen atoms in total. The van der Waals surface area contributed by atoms with Crippen LogP contribution in [0.3, 0.4) is 0 Å². The van der Waals surface area contributed by atoms with Crippen molar-refractivity contribution < 1.29 is 14.6 Å². The normalized spacial score (nSPS) is 12.0. The lowest BCUT2D eigenvalue weighted by atomic mass is 10.1. The van der Waals surface area contributed by atoms with Crippen LogP contribution in [0.25, 0.3) is 0 Å². The summed E-state index contributed by atoms with van der Waals surface area (Å²) in [5, 5.41) is 14.3. The van der Waals surface area contributed by atoms with Crippen LogP contribution in [0.1, 0.15) is 5.56 Å². The molecule has 0 aliphatic heterocycles. The number of hydrazine groups is 1. The number of amides is 1. The van der Waals surface area contributed by atoms with Crippen LogP contribution in [0.2, 0.25) is 0 Å². The molecule has 124 valence electrons. The molecule has 1 aromatic rings. The largest absolute Gasteiger partial charge is 0.492 e. The van der Waals surface area contributed by atoms with E-state index in [1.54, 1.807) is 14.1 Å². The van der Waals surface area contributed by atoms with Gasteiger partial charge in [-0.15, -0.1) is 0 Å². The van der Waals surface area contributed by atoms with Gasteiger partial charge in [-0.05, 0) is 31.2 Å². The summed E-state index contributed by atoms with van der Waals surface area (Å²) in [7, 11) is 3.35. The van der Waals surface area contributed by atoms with Crippen molar-refractivity contribution in [2.45, 2.75) is 12.5 Å². The van der Waals surface area contributed by atoms with E-state index in [0.717, 1.165) is 11.3 Å². The highest BCUT2D eigenvalue weighted by Gasteiger charge is 2.16. The van der Waals surface area contributed by atoms with Crippen LogP contribution >= 0.6 is 0 Å². The van der Waals surface area contributed by atoms with Crippen LogP contribution in [0.15, 0.2) is 24.3 Å². The Kier molecular flexibility index (Phi) is 9.17. The minimum Gasteiger partial charge on any atom is -0.492 e. The standard InChI is InChI=1S/C15H26N4O3/c1-16-15(21)14(19-17-2)11-12-3-5-13(6-4-12)22-10-8-18-7-9-20/h3-6,14,17-20H,7-11H2,1-2H3,(H,16,21). The maximum atomic E-state index is 11.7. The Balaban J connectivity index is 2.44. The number of hydrogen-bond donors (Lipinski definition) is 5. The van der Waals surface area contributed by atoms with E-state index in [9.17, 15) is 4.79 Å². The molecule has 1 amide bonds. The first-order valence-corrected chi connectivity index (χ1v) is 7.38. The minimum atomic E-state index is -0.329.